The molecule has 1 aliphatic heterocycles. The van der Waals surface area contributed by atoms with Gasteiger partial charge in [-0.05, 0) is 30.3 Å². The molecule has 7 heteroatoms. The van der Waals surface area contributed by atoms with Crippen molar-refractivity contribution in [1.82, 2.24) is 0 Å². The van der Waals surface area contributed by atoms with Crippen molar-refractivity contribution in [3.05, 3.63) is 58.6 Å². The summed E-state index contributed by atoms with van der Waals surface area (Å²) >= 11 is 3.38. The van der Waals surface area contributed by atoms with Crippen molar-refractivity contribution in [2.75, 3.05) is 11.9 Å². The molecule has 0 atom stereocenters. The monoisotopic (exact) mass is 377 g/mol. The molecule has 5 nitrogen and oxygen atoms in total. The van der Waals surface area contributed by atoms with E-state index in [1.165, 1.54) is 12.1 Å². The van der Waals surface area contributed by atoms with Crippen LogP contribution in [0.4, 0.5) is 5.69 Å². The first kappa shape index (κ1) is 14.9. The quantitative estimate of drug-likeness (QED) is 0.873. The number of halogens is 1. The zero-order valence-electron chi connectivity index (χ0n) is 11.6. The van der Waals surface area contributed by atoms with Gasteiger partial charge in [-0.15, -0.1) is 4.40 Å². The highest BCUT2D eigenvalue weighted by Crippen LogP contribution is 2.31. The van der Waals surface area contributed by atoms with Crippen molar-refractivity contribution in [2.24, 2.45) is 4.40 Å². The summed E-state index contributed by atoms with van der Waals surface area (Å²) in [6, 6.07) is 13.4. The van der Waals surface area contributed by atoms with Crippen LogP contribution in [0.5, 0.6) is 0 Å². The van der Waals surface area contributed by atoms with Gasteiger partial charge in [0, 0.05) is 17.1 Å². The lowest BCUT2D eigenvalue weighted by molar-refractivity contribution is 0.598. The molecule has 0 saturated carbocycles. The molecule has 0 aromatic heterocycles. The molecule has 0 amide bonds. The third-order valence-electron chi connectivity index (χ3n) is 3.38. The van der Waals surface area contributed by atoms with Crippen LogP contribution in [0.2, 0.25) is 0 Å². The van der Waals surface area contributed by atoms with Crippen molar-refractivity contribution in [3.63, 3.8) is 0 Å². The number of fused-ring (bicyclic) bond motifs is 1. The van der Waals surface area contributed by atoms with Crippen LogP contribution in [0.1, 0.15) is 5.56 Å². The van der Waals surface area contributed by atoms with E-state index < -0.39 is 10.0 Å². The van der Waals surface area contributed by atoms with E-state index in [1.54, 1.807) is 36.2 Å². The standard InChI is InChI=1S/C15H12BrN3O2S/c1-19-13-9-10(16)7-8-12(13)14(17)15(19)18-22(20,21)11-5-3-2-4-6-11/h2-9,17H,1H3. The predicted molar refractivity (Wildman–Crippen MR) is 90.4 cm³/mol. The van der Waals surface area contributed by atoms with E-state index in [2.05, 4.69) is 20.3 Å². The van der Waals surface area contributed by atoms with E-state index >= 15 is 0 Å². The molecule has 1 aliphatic rings. The molecular formula is C15H12BrN3O2S. The lowest BCUT2D eigenvalue weighted by atomic mass is 10.1. The molecule has 22 heavy (non-hydrogen) atoms. The van der Waals surface area contributed by atoms with Crippen molar-refractivity contribution < 1.29 is 8.42 Å². The summed E-state index contributed by atoms with van der Waals surface area (Å²) in [4.78, 5) is 1.73. The highest BCUT2D eigenvalue weighted by atomic mass is 79.9. The van der Waals surface area contributed by atoms with Crippen LogP contribution in [-0.2, 0) is 10.0 Å². The Labute approximate surface area is 137 Å². The Morgan fingerprint density at radius 2 is 1.82 bits per heavy atom. The van der Waals surface area contributed by atoms with Crippen molar-refractivity contribution in [3.8, 4) is 0 Å². The molecule has 2 aromatic rings. The normalized spacial score (nSPS) is 16.2. The highest BCUT2D eigenvalue weighted by Gasteiger charge is 2.30. The molecule has 0 aliphatic carbocycles. The van der Waals surface area contributed by atoms with Gasteiger partial charge in [-0.3, -0.25) is 5.41 Å². The van der Waals surface area contributed by atoms with Crippen LogP contribution in [0.15, 0.2) is 62.3 Å². The zero-order chi connectivity index (χ0) is 15.9. The second-order valence-electron chi connectivity index (χ2n) is 4.80. The number of anilines is 1. The number of benzene rings is 2. The maximum absolute atomic E-state index is 12.4. The highest BCUT2D eigenvalue weighted by molar-refractivity contribution is 9.10. The summed E-state index contributed by atoms with van der Waals surface area (Å²) in [6.07, 6.45) is 0. The van der Waals surface area contributed by atoms with E-state index in [0.717, 1.165) is 10.2 Å². The number of hydrogen-bond donors (Lipinski definition) is 1. The minimum Gasteiger partial charge on any atom is -0.326 e. The Morgan fingerprint density at radius 3 is 2.50 bits per heavy atom. The van der Waals surface area contributed by atoms with Crippen LogP contribution in [-0.4, -0.2) is 27.0 Å². The second-order valence-corrected chi connectivity index (χ2v) is 7.32. The number of nitrogens with zero attached hydrogens (tertiary/aromatic N) is 2. The first-order valence-electron chi connectivity index (χ1n) is 6.43. The Hall–Kier alpha value is -1.99. The van der Waals surface area contributed by atoms with E-state index in [0.29, 0.717) is 5.56 Å². The van der Waals surface area contributed by atoms with Gasteiger partial charge < -0.3 is 4.90 Å². The topological polar surface area (TPSA) is 73.6 Å². The van der Waals surface area contributed by atoms with Gasteiger partial charge in [-0.2, -0.15) is 8.42 Å². The minimum atomic E-state index is -3.84. The summed E-state index contributed by atoms with van der Waals surface area (Å²) in [6.45, 7) is 0. The lowest BCUT2D eigenvalue weighted by Gasteiger charge is -2.12. The zero-order valence-corrected chi connectivity index (χ0v) is 14.0. The Balaban J connectivity index is 2.09. The summed E-state index contributed by atoms with van der Waals surface area (Å²) in [5.74, 6) is 0.122. The summed E-state index contributed by atoms with van der Waals surface area (Å²) in [5.41, 5.74) is 1.51. The van der Waals surface area contributed by atoms with Crippen molar-refractivity contribution in [2.45, 2.75) is 4.90 Å². The van der Waals surface area contributed by atoms with E-state index in [-0.39, 0.29) is 16.4 Å². The van der Waals surface area contributed by atoms with E-state index in [9.17, 15) is 8.42 Å². The van der Waals surface area contributed by atoms with Gasteiger partial charge in [-0.1, -0.05) is 34.1 Å². The van der Waals surface area contributed by atoms with Gasteiger partial charge >= 0.3 is 0 Å². The second kappa shape index (κ2) is 5.33. The predicted octanol–water partition coefficient (Wildman–Crippen LogP) is 3.05. The maximum atomic E-state index is 12.4. The molecule has 2 aromatic carbocycles. The lowest BCUT2D eigenvalue weighted by Crippen LogP contribution is -2.27. The molecule has 0 fully saturated rings. The smallest absolute Gasteiger partial charge is 0.284 e. The number of hydrogen-bond acceptors (Lipinski definition) is 3. The fourth-order valence-electron chi connectivity index (χ4n) is 2.26. The fourth-order valence-corrected chi connectivity index (χ4v) is 3.66. The third-order valence-corrected chi connectivity index (χ3v) is 5.15. The maximum Gasteiger partial charge on any atom is 0.284 e. The van der Waals surface area contributed by atoms with Gasteiger partial charge in [0.1, 0.15) is 5.71 Å². The average Bonchev–Trinajstić information content (AvgIpc) is 2.73. The minimum absolute atomic E-state index is 0.101. The number of likely N-dealkylation sites (N-methyl/N-ethyl adjacent to an activating group) is 1. The van der Waals surface area contributed by atoms with Gasteiger partial charge in [0.05, 0.1) is 10.6 Å². The van der Waals surface area contributed by atoms with Crippen LogP contribution in [0, 0.1) is 5.41 Å². The number of sulfonamides is 1. The molecule has 0 saturated heterocycles. The molecule has 112 valence electrons. The summed E-state index contributed by atoms with van der Waals surface area (Å²) < 4.78 is 29.5. The fraction of sp³-hybridized carbons (Fsp3) is 0.0667. The van der Waals surface area contributed by atoms with Gasteiger partial charge in [0.2, 0.25) is 0 Å². The van der Waals surface area contributed by atoms with Crippen LogP contribution < -0.4 is 4.90 Å². The summed E-state index contributed by atoms with van der Waals surface area (Å²) in [7, 11) is -2.14. The average molecular weight is 378 g/mol. The number of rotatable bonds is 2. The van der Waals surface area contributed by atoms with E-state index in [1.807, 2.05) is 12.1 Å². The Kier molecular flexibility index (Phi) is 3.62. The van der Waals surface area contributed by atoms with E-state index in [4.69, 9.17) is 5.41 Å². The first-order valence-corrected chi connectivity index (χ1v) is 8.66. The van der Waals surface area contributed by atoms with Crippen LogP contribution in [0.25, 0.3) is 0 Å². The molecule has 0 spiro atoms. The largest absolute Gasteiger partial charge is 0.326 e. The van der Waals surface area contributed by atoms with Gasteiger partial charge in [0.15, 0.2) is 5.84 Å². The SMILES string of the molecule is CN1C(=NS(=O)(=O)c2ccccc2)C(=N)c2ccc(Br)cc21. The summed E-state index contributed by atoms with van der Waals surface area (Å²) in [5, 5.41) is 8.18. The Bertz CT molecular complexity index is 892. The van der Waals surface area contributed by atoms with Crippen molar-refractivity contribution >= 4 is 43.2 Å². The van der Waals surface area contributed by atoms with Gasteiger partial charge in [-0.25, -0.2) is 0 Å². The molecule has 3 rings (SSSR count). The number of amidine groups is 1. The third kappa shape index (κ3) is 2.46. The van der Waals surface area contributed by atoms with Gasteiger partial charge in [0.25, 0.3) is 10.0 Å². The molecule has 1 N–H and O–H groups in total. The Morgan fingerprint density at radius 1 is 1.14 bits per heavy atom. The first-order chi connectivity index (χ1) is 10.4. The number of nitrogens with one attached hydrogen (secondary N) is 1. The molecule has 0 radical (unpaired) electrons. The molecule has 0 bridgehead atoms. The van der Waals surface area contributed by atoms with Crippen LogP contribution in [0.3, 0.4) is 0 Å². The molecule has 0 unspecified atom stereocenters. The van der Waals surface area contributed by atoms with Crippen LogP contribution >= 0.6 is 15.9 Å². The molecule has 1 heterocycles. The van der Waals surface area contributed by atoms with Crippen molar-refractivity contribution in [1.29, 1.82) is 5.41 Å². The molecular weight excluding hydrogens is 366 g/mol.